The standard InChI is InChI=1S/C16H19FN2O/c1-4-18-12(3)14-6-5-9-19-16(14)20-15-8-7-13(17)10-11(15)2/h5-10,12,18H,4H2,1-3H3. The average molecular weight is 274 g/mol. The maximum atomic E-state index is 13.1. The lowest BCUT2D eigenvalue weighted by molar-refractivity contribution is 0.439. The maximum absolute atomic E-state index is 13.1. The van der Waals surface area contributed by atoms with E-state index in [4.69, 9.17) is 4.74 Å². The number of halogens is 1. The van der Waals surface area contributed by atoms with Gasteiger partial charge in [-0.15, -0.1) is 0 Å². The number of hydrogen-bond acceptors (Lipinski definition) is 3. The zero-order chi connectivity index (χ0) is 14.5. The highest BCUT2D eigenvalue weighted by Crippen LogP contribution is 2.29. The summed E-state index contributed by atoms with van der Waals surface area (Å²) in [5.74, 6) is 0.905. The van der Waals surface area contributed by atoms with Crippen molar-refractivity contribution in [3.05, 3.63) is 53.5 Å². The Morgan fingerprint density at radius 2 is 2.15 bits per heavy atom. The van der Waals surface area contributed by atoms with Crippen molar-refractivity contribution in [2.45, 2.75) is 26.8 Å². The molecule has 2 rings (SSSR count). The van der Waals surface area contributed by atoms with Crippen LogP contribution in [0.5, 0.6) is 11.6 Å². The Morgan fingerprint density at radius 3 is 2.85 bits per heavy atom. The lowest BCUT2D eigenvalue weighted by Gasteiger charge is -2.17. The van der Waals surface area contributed by atoms with Crippen LogP contribution in [0.15, 0.2) is 36.5 Å². The Labute approximate surface area is 118 Å². The van der Waals surface area contributed by atoms with Crippen molar-refractivity contribution < 1.29 is 9.13 Å². The predicted molar refractivity (Wildman–Crippen MR) is 77.5 cm³/mol. The Balaban J connectivity index is 2.29. The third-order valence-electron chi connectivity index (χ3n) is 3.12. The molecule has 2 aromatic rings. The summed E-state index contributed by atoms with van der Waals surface area (Å²) >= 11 is 0. The molecule has 3 nitrogen and oxygen atoms in total. The fourth-order valence-electron chi connectivity index (χ4n) is 2.07. The Bertz CT molecular complexity index is 586. The molecular weight excluding hydrogens is 255 g/mol. The molecule has 0 aliphatic carbocycles. The van der Waals surface area contributed by atoms with Crippen LogP contribution in [0.25, 0.3) is 0 Å². The molecule has 0 fully saturated rings. The van der Waals surface area contributed by atoms with Gasteiger partial charge < -0.3 is 10.1 Å². The molecule has 1 aromatic carbocycles. The van der Waals surface area contributed by atoms with E-state index in [1.807, 2.05) is 19.1 Å². The molecular formula is C16H19FN2O. The second-order valence-electron chi connectivity index (χ2n) is 4.69. The molecule has 1 atom stereocenters. The van der Waals surface area contributed by atoms with E-state index < -0.39 is 0 Å². The van der Waals surface area contributed by atoms with Crippen LogP contribution in [0.1, 0.15) is 31.0 Å². The lowest BCUT2D eigenvalue weighted by Crippen LogP contribution is -2.18. The molecule has 106 valence electrons. The van der Waals surface area contributed by atoms with Gasteiger partial charge in [0.25, 0.3) is 0 Å². The number of rotatable bonds is 5. The van der Waals surface area contributed by atoms with Crippen LogP contribution < -0.4 is 10.1 Å². The minimum Gasteiger partial charge on any atom is -0.438 e. The molecule has 0 saturated carbocycles. The molecule has 0 radical (unpaired) electrons. The summed E-state index contributed by atoms with van der Waals surface area (Å²) in [4.78, 5) is 4.28. The van der Waals surface area contributed by atoms with Gasteiger partial charge in [-0.1, -0.05) is 13.0 Å². The zero-order valence-electron chi connectivity index (χ0n) is 12.0. The molecule has 1 unspecified atom stereocenters. The van der Waals surface area contributed by atoms with Gasteiger partial charge >= 0.3 is 0 Å². The fourth-order valence-corrected chi connectivity index (χ4v) is 2.07. The number of benzene rings is 1. The molecule has 20 heavy (non-hydrogen) atoms. The second-order valence-corrected chi connectivity index (χ2v) is 4.69. The minimum atomic E-state index is -0.267. The summed E-state index contributed by atoms with van der Waals surface area (Å²) in [6, 6.07) is 8.47. The van der Waals surface area contributed by atoms with Crippen LogP contribution in [-0.4, -0.2) is 11.5 Å². The first-order chi connectivity index (χ1) is 9.61. The topological polar surface area (TPSA) is 34.2 Å². The Hall–Kier alpha value is -1.94. The summed E-state index contributed by atoms with van der Waals surface area (Å²) in [6.07, 6.45) is 1.69. The molecule has 0 spiro atoms. The fraction of sp³-hybridized carbons (Fsp3) is 0.312. The molecule has 0 amide bonds. The van der Waals surface area contributed by atoms with Crippen molar-refractivity contribution >= 4 is 0 Å². The first-order valence-electron chi connectivity index (χ1n) is 6.74. The quantitative estimate of drug-likeness (QED) is 0.895. The van der Waals surface area contributed by atoms with Crippen LogP contribution in [0.3, 0.4) is 0 Å². The van der Waals surface area contributed by atoms with Crippen LogP contribution in [0.4, 0.5) is 4.39 Å². The summed E-state index contributed by atoms with van der Waals surface area (Å²) in [7, 11) is 0. The van der Waals surface area contributed by atoms with Gasteiger partial charge in [0.2, 0.25) is 5.88 Å². The average Bonchev–Trinajstić information content (AvgIpc) is 2.43. The van der Waals surface area contributed by atoms with Gasteiger partial charge in [-0.3, -0.25) is 0 Å². The highest BCUT2D eigenvalue weighted by Gasteiger charge is 2.13. The number of aryl methyl sites for hydroxylation is 1. The Kier molecular flexibility index (Phi) is 4.69. The highest BCUT2D eigenvalue weighted by molar-refractivity contribution is 5.38. The van der Waals surface area contributed by atoms with Crippen LogP contribution in [-0.2, 0) is 0 Å². The monoisotopic (exact) mass is 274 g/mol. The number of ether oxygens (including phenoxy) is 1. The smallest absolute Gasteiger partial charge is 0.223 e. The molecule has 1 N–H and O–H groups in total. The lowest BCUT2D eigenvalue weighted by atomic mass is 10.1. The van der Waals surface area contributed by atoms with Crippen molar-refractivity contribution in [2.75, 3.05) is 6.54 Å². The molecule has 0 aliphatic heterocycles. The molecule has 1 aromatic heterocycles. The van der Waals surface area contributed by atoms with Crippen molar-refractivity contribution in [1.82, 2.24) is 10.3 Å². The molecule has 1 heterocycles. The van der Waals surface area contributed by atoms with Crippen molar-refractivity contribution in [1.29, 1.82) is 0 Å². The summed E-state index contributed by atoms with van der Waals surface area (Å²) in [5.41, 5.74) is 1.73. The molecule has 4 heteroatoms. The van der Waals surface area contributed by atoms with Gasteiger partial charge in [0, 0.05) is 17.8 Å². The van der Waals surface area contributed by atoms with E-state index in [0.29, 0.717) is 11.6 Å². The van der Waals surface area contributed by atoms with E-state index in [0.717, 1.165) is 17.7 Å². The first kappa shape index (κ1) is 14.5. The second kappa shape index (κ2) is 6.48. The van der Waals surface area contributed by atoms with Crippen molar-refractivity contribution in [3.63, 3.8) is 0 Å². The van der Waals surface area contributed by atoms with E-state index in [2.05, 4.69) is 24.1 Å². The van der Waals surface area contributed by atoms with Gasteiger partial charge in [0.05, 0.1) is 0 Å². The third-order valence-corrected chi connectivity index (χ3v) is 3.12. The van der Waals surface area contributed by atoms with Crippen molar-refractivity contribution in [3.8, 4) is 11.6 Å². The number of aromatic nitrogens is 1. The normalized spacial score (nSPS) is 12.2. The van der Waals surface area contributed by atoms with E-state index in [-0.39, 0.29) is 11.9 Å². The largest absolute Gasteiger partial charge is 0.438 e. The number of pyridine rings is 1. The SMILES string of the molecule is CCNC(C)c1cccnc1Oc1ccc(F)cc1C. The summed E-state index contributed by atoms with van der Waals surface area (Å²) in [6.45, 7) is 6.79. The number of nitrogens with zero attached hydrogens (tertiary/aromatic N) is 1. The maximum Gasteiger partial charge on any atom is 0.223 e. The Morgan fingerprint density at radius 1 is 1.35 bits per heavy atom. The highest BCUT2D eigenvalue weighted by atomic mass is 19.1. The zero-order valence-corrected chi connectivity index (χ0v) is 12.0. The predicted octanol–water partition coefficient (Wildman–Crippen LogP) is 3.99. The van der Waals surface area contributed by atoms with E-state index in [9.17, 15) is 4.39 Å². The summed E-state index contributed by atoms with van der Waals surface area (Å²) < 4.78 is 19.0. The van der Waals surface area contributed by atoms with Gasteiger partial charge in [0.15, 0.2) is 0 Å². The third kappa shape index (κ3) is 3.33. The van der Waals surface area contributed by atoms with Gasteiger partial charge in [0.1, 0.15) is 11.6 Å². The summed E-state index contributed by atoms with van der Waals surface area (Å²) in [5, 5.41) is 3.33. The number of hydrogen-bond donors (Lipinski definition) is 1. The minimum absolute atomic E-state index is 0.143. The van der Waals surface area contributed by atoms with E-state index in [1.54, 1.807) is 12.3 Å². The van der Waals surface area contributed by atoms with Crippen molar-refractivity contribution in [2.24, 2.45) is 0 Å². The molecule has 0 bridgehead atoms. The van der Waals surface area contributed by atoms with Crippen LogP contribution in [0, 0.1) is 12.7 Å². The first-order valence-corrected chi connectivity index (χ1v) is 6.74. The molecule has 0 aliphatic rings. The van der Waals surface area contributed by atoms with E-state index in [1.165, 1.54) is 12.1 Å². The number of nitrogens with one attached hydrogen (secondary N) is 1. The van der Waals surface area contributed by atoms with Crippen LogP contribution >= 0.6 is 0 Å². The van der Waals surface area contributed by atoms with E-state index >= 15 is 0 Å². The van der Waals surface area contributed by atoms with Crippen LogP contribution in [0.2, 0.25) is 0 Å². The van der Waals surface area contributed by atoms with Gasteiger partial charge in [-0.2, -0.15) is 0 Å². The molecule has 0 saturated heterocycles. The van der Waals surface area contributed by atoms with Gasteiger partial charge in [-0.25, -0.2) is 9.37 Å². The van der Waals surface area contributed by atoms with Gasteiger partial charge in [-0.05, 0) is 50.2 Å².